The highest BCUT2D eigenvalue weighted by Gasteiger charge is 2.44. The molecule has 1 aliphatic carbocycles. The van der Waals surface area contributed by atoms with Gasteiger partial charge in [-0.15, -0.1) is 11.3 Å². The molecule has 2 aliphatic rings. The number of carbonyl (C=O) groups is 1. The molecule has 1 aliphatic heterocycles. The molecule has 0 unspecified atom stereocenters. The Kier molecular flexibility index (Phi) is 5.03. The third-order valence-corrected chi connectivity index (χ3v) is 5.72. The number of carbonyl (C=O) groups excluding carboxylic acids is 1. The highest BCUT2D eigenvalue weighted by Crippen LogP contribution is 2.48. The second kappa shape index (κ2) is 7.41. The van der Waals surface area contributed by atoms with Gasteiger partial charge in [-0.3, -0.25) is 9.69 Å². The molecule has 132 valence electrons. The van der Waals surface area contributed by atoms with Gasteiger partial charge in [0.15, 0.2) is 5.13 Å². The minimum atomic E-state index is 0.0186. The van der Waals surface area contributed by atoms with Gasteiger partial charge in [-0.1, -0.05) is 23.7 Å². The van der Waals surface area contributed by atoms with E-state index in [2.05, 4.69) is 15.2 Å². The van der Waals surface area contributed by atoms with Crippen LogP contribution in [0.15, 0.2) is 29.6 Å². The predicted molar refractivity (Wildman–Crippen MR) is 99.1 cm³/mol. The lowest BCUT2D eigenvalue weighted by molar-refractivity contribution is -0.117. The van der Waals surface area contributed by atoms with E-state index in [9.17, 15) is 4.79 Å². The van der Waals surface area contributed by atoms with Gasteiger partial charge in [-0.25, -0.2) is 4.98 Å². The van der Waals surface area contributed by atoms with Gasteiger partial charge < -0.3 is 10.1 Å². The van der Waals surface area contributed by atoms with Crippen LogP contribution in [0.5, 0.6) is 0 Å². The number of nitrogens with one attached hydrogen (secondary N) is 1. The van der Waals surface area contributed by atoms with Crippen molar-refractivity contribution in [2.24, 2.45) is 5.92 Å². The quantitative estimate of drug-likeness (QED) is 0.867. The molecular formula is C18H20ClN3O2S. The number of morpholine rings is 1. The topological polar surface area (TPSA) is 54.5 Å². The van der Waals surface area contributed by atoms with Gasteiger partial charge in [0.25, 0.3) is 0 Å². The van der Waals surface area contributed by atoms with Gasteiger partial charge in [0, 0.05) is 36.0 Å². The first-order chi connectivity index (χ1) is 12.2. The number of amides is 1. The van der Waals surface area contributed by atoms with Crippen LogP contribution >= 0.6 is 22.9 Å². The lowest BCUT2D eigenvalue weighted by Gasteiger charge is -2.25. The fraction of sp³-hybridized carbons (Fsp3) is 0.444. The molecule has 1 saturated heterocycles. The summed E-state index contributed by atoms with van der Waals surface area (Å²) in [5.41, 5.74) is 2.14. The van der Waals surface area contributed by atoms with Crippen LogP contribution in [-0.4, -0.2) is 42.1 Å². The van der Waals surface area contributed by atoms with Crippen LogP contribution < -0.4 is 5.32 Å². The summed E-state index contributed by atoms with van der Waals surface area (Å²) in [5.74, 6) is 0.341. The average molecular weight is 378 g/mol. The van der Waals surface area contributed by atoms with E-state index in [1.807, 2.05) is 29.6 Å². The summed E-state index contributed by atoms with van der Waals surface area (Å²) in [6.45, 7) is 4.23. The first kappa shape index (κ1) is 17.0. The SMILES string of the molecule is O=C(Nc1nc(CN2CCOCC2)cs1)[C@H]1C[C@H]1c1cccc(Cl)c1. The smallest absolute Gasteiger partial charge is 0.229 e. The van der Waals surface area contributed by atoms with Crippen molar-refractivity contribution in [1.82, 2.24) is 9.88 Å². The van der Waals surface area contributed by atoms with Crippen molar-refractivity contribution >= 4 is 34.0 Å². The van der Waals surface area contributed by atoms with Crippen molar-refractivity contribution in [2.75, 3.05) is 31.6 Å². The number of halogens is 1. The zero-order valence-electron chi connectivity index (χ0n) is 13.8. The maximum atomic E-state index is 12.4. The number of benzene rings is 1. The zero-order chi connectivity index (χ0) is 17.2. The lowest BCUT2D eigenvalue weighted by Crippen LogP contribution is -2.35. The van der Waals surface area contributed by atoms with Gasteiger partial charge in [-0.05, 0) is 30.0 Å². The first-order valence-corrected chi connectivity index (χ1v) is 9.75. The third kappa shape index (κ3) is 4.20. The van der Waals surface area contributed by atoms with Crippen LogP contribution in [0.3, 0.4) is 0 Å². The van der Waals surface area contributed by atoms with Crippen LogP contribution in [-0.2, 0) is 16.1 Å². The second-order valence-electron chi connectivity index (χ2n) is 6.53. The summed E-state index contributed by atoms with van der Waals surface area (Å²) >= 11 is 7.52. The van der Waals surface area contributed by atoms with Gasteiger partial charge in [0.1, 0.15) is 0 Å². The molecule has 7 heteroatoms. The lowest BCUT2D eigenvalue weighted by atomic mass is 10.1. The molecule has 1 saturated carbocycles. The number of hydrogen-bond donors (Lipinski definition) is 1. The van der Waals surface area contributed by atoms with Gasteiger partial charge in [0.05, 0.1) is 18.9 Å². The van der Waals surface area contributed by atoms with Gasteiger partial charge in [0.2, 0.25) is 5.91 Å². The van der Waals surface area contributed by atoms with Gasteiger partial charge in [-0.2, -0.15) is 0 Å². The summed E-state index contributed by atoms with van der Waals surface area (Å²) in [5, 5.41) is 6.39. The second-order valence-corrected chi connectivity index (χ2v) is 7.82. The fourth-order valence-electron chi connectivity index (χ4n) is 3.21. The van der Waals surface area contributed by atoms with Crippen LogP contribution in [0.4, 0.5) is 5.13 Å². The van der Waals surface area contributed by atoms with Crippen LogP contribution in [0.2, 0.25) is 5.02 Å². The first-order valence-electron chi connectivity index (χ1n) is 8.50. The van der Waals surface area contributed by atoms with E-state index >= 15 is 0 Å². The normalized spacial score (nSPS) is 23.4. The molecule has 0 spiro atoms. The molecule has 2 fully saturated rings. The highest BCUT2D eigenvalue weighted by atomic mass is 35.5. The van der Waals surface area contributed by atoms with Crippen LogP contribution in [0.25, 0.3) is 0 Å². The molecule has 2 heterocycles. The minimum Gasteiger partial charge on any atom is -0.379 e. The molecule has 0 radical (unpaired) electrons. The number of ether oxygens (including phenoxy) is 1. The summed E-state index contributed by atoms with van der Waals surface area (Å²) in [6.07, 6.45) is 0.873. The fourth-order valence-corrected chi connectivity index (χ4v) is 4.12. The van der Waals surface area contributed by atoms with Crippen molar-refractivity contribution in [3.8, 4) is 0 Å². The molecule has 1 amide bonds. The van der Waals surface area contributed by atoms with E-state index in [1.165, 1.54) is 11.3 Å². The van der Waals surface area contributed by atoms with Crippen molar-refractivity contribution in [1.29, 1.82) is 0 Å². The third-order valence-electron chi connectivity index (χ3n) is 4.68. The number of hydrogen-bond acceptors (Lipinski definition) is 5. The Balaban J connectivity index is 1.31. The Labute approximate surface area is 156 Å². The zero-order valence-corrected chi connectivity index (χ0v) is 15.4. The van der Waals surface area contributed by atoms with Crippen molar-refractivity contribution in [3.05, 3.63) is 45.9 Å². The van der Waals surface area contributed by atoms with E-state index in [1.54, 1.807) is 0 Å². The molecule has 1 aromatic carbocycles. The Bertz CT molecular complexity index is 760. The Morgan fingerprint density at radius 1 is 1.40 bits per heavy atom. The number of anilines is 1. The van der Waals surface area contributed by atoms with E-state index in [0.29, 0.717) is 5.13 Å². The number of aromatic nitrogens is 1. The Morgan fingerprint density at radius 2 is 2.24 bits per heavy atom. The average Bonchev–Trinajstić information content (AvgIpc) is 3.31. The van der Waals surface area contributed by atoms with Crippen LogP contribution in [0, 0.1) is 5.92 Å². The monoisotopic (exact) mass is 377 g/mol. The standard InChI is InChI=1S/C18H20ClN3O2S/c19-13-3-1-2-12(8-13)15-9-16(15)17(23)21-18-20-14(11-25-18)10-22-4-6-24-7-5-22/h1-3,8,11,15-16H,4-7,9-10H2,(H,20,21,23)/t15-,16-/m0/s1. The van der Waals surface area contributed by atoms with Gasteiger partial charge >= 0.3 is 0 Å². The van der Waals surface area contributed by atoms with Crippen molar-refractivity contribution < 1.29 is 9.53 Å². The van der Waals surface area contributed by atoms with E-state index < -0.39 is 0 Å². The van der Waals surface area contributed by atoms with E-state index in [0.717, 1.165) is 55.5 Å². The molecular weight excluding hydrogens is 358 g/mol. The van der Waals surface area contributed by atoms with E-state index in [-0.39, 0.29) is 17.7 Å². The maximum absolute atomic E-state index is 12.4. The van der Waals surface area contributed by atoms with E-state index in [4.69, 9.17) is 16.3 Å². The number of nitrogens with zero attached hydrogens (tertiary/aromatic N) is 2. The molecule has 2 atom stereocenters. The molecule has 25 heavy (non-hydrogen) atoms. The summed E-state index contributed by atoms with van der Waals surface area (Å²) in [4.78, 5) is 19.3. The molecule has 2 aromatic rings. The maximum Gasteiger partial charge on any atom is 0.229 e. The summed E-state index contributed by atoms with van der Waals surface area (Å²) in [6, 6.07) is 7.77. The van der Waals surface area contributed by atoms with Crippen molar-refractivity contribution in [3.63, 3.8) is 0 Å². The number of thiazole rings is 1. The molecule has 1 N–H and O–H groups in total. The van der Waals surface area contributed by atoms with Crippen molar-refractivity contribution in [2.45, 2.75) is 18.9 Å². The summed E-state index contributed by atoms with van der Waals surface area (Å²) < 4.78 is 5.36. The summed E-state index contributed by atoms with van der Waals surface area (Å²) in [7, 11) is 0. The van der Waals surface area contributed by atoms with Crippen LogP contribution in [0.1, 0.15) is 23.6 Å². The Morgan fingerprint density at radius 3 is 3.04 bits per heavy atom. The Hall–Kier alpha value is -1.47. The molecule has 4 rings (SSSR count). The predicted octanol–water partition coefficient (Wildman–Crippen LogP) is 3.37. The molecule has 0 bridgehead atoms. The number of rotatable bonds is 5. The minimum absolute atomic E-state index is 0.0186. The highest BCUT2D eigenvalue weighted by molar-refractivity contribution is 7.13. The molecule has 5 nitrogen and oxygen atoms in total. The molecule has 1 aromatic heterocycles. The largest absolute Gasteiger partial charge is 0.379 e.